The van der Waals surface area contributed by atoms with Crippen molar-refractivity contribution in [2.75, 3.05) is 19.8 Å². The molecule has 0 aliphatic carbocycles. The molecule has 0 bridgehead atoms. The normalized spacial score (nSPS) is 25.1. The minimum Gasteiger partial charge on any atom is -0.394 e. The molecule has 12 atom stereocenters. The number of allylic oxidation sites excluding steroid dienone is 4. The molecular weight excluding hydrogens is 955 g/mol. The minimum atomic E-state index is -1.78. The van der Waals surface area contributed by atoms with E-state index in [2.05, 4.69) is 43.5 Å². The number of nitrogens with one attached hydrogen (secondary N) is 1. The van der Waals surface area contributed by atoms with Crippen LogP contribution in [0.2, 0.25) is 0 Å². The van der Waals surface area contributed by atoms with Crippen LogP contribution in [0.3, 0.4) is 0 Å². The maximum atomic E-state index is 13.2. The Hall–Kier alpha value is -1.53. The Bertz CT molecular complexity index is 1350. The molecule has 0 aromatic rings. The van der Waals surface area contributed by atoms with Crippen molar-refractivity contribution in [2.24, 2.45) is 0 Å². The molecule has 12 unspecified atom stereocenters. The van der Waals surface area contributed by atoms with Gasteiger partial charge in [-0.2, -0.15) is 0 Å². The first-order valence-electron chi connectivity index (χ1n) is 31.1. The lowest BCUT2D eigenvalue weighted by molar-refractivity contribution is -0.359. The second-order valence-corrected chi connectivity index (χ2v) is 22.2. The van der Waals surface area contributed by atoms with E-state index in [0.29, 0.717) is 12.8 Å². The van der Waals surface area contributed by atoms with Crippen LogP contribution in [0.5, 0.6) is 0 Å². The summed E-state index contributed by atoms with van der Waals surface area (Å²) in [6.45, 7) is 2.79. The third-order valence-electron chi connectivity index (χ3n) is 15.4. The van der Waals surface area contributed by atoms with Gasteiger partial charge in [-0.05, 0) is 44.9 Å². The maximum Gasteiger partial charge on any atom is 0.220 e. The summed E-state index contributed by atoms with van der Waals surface area (Å²) < 4.78 is 22.7. The molecule has 2 rings (SSSR count). The van der Waals surface area contributed by atoms with E-state index in [1.165, 1.54) is 167 Å². The summed E-state index contributed by atoms with van der Waals surface area (Å²) in [4.78, 5) is 13.2. The van der Waals surface area contributed by atoms with Crippen LogP contribution in [0.1, 0.15) is 264 Å². The number of aliphatic hydroxyl groups excluding tert-OH is 8. The molecule has 75 heavy (non-hydrogen) atoms. The van der Waals surface area contributed by atoms with Crippen LogP contribution in [-0.4, -0.2) is 140 Å². The van der Waals surface area contributed by atoms with E-state index >= 15 is 0 Å². The molecule has 2 fully saturated rings. The molecule has 442 valence electrons. The molecule has 0 radical (unpaired) electrons. The zero-order valence-electron chi connectivity index (χ0n) is 47.6. The highest BCUT2D eigenvalue weighted by atomic mass is 16.7. The number of ether oxygens (including phenoxy) is 4. The predicted molar refractivity (Wildman–Crippen MR) is 300 cm³/mol. The van der Waals surface area contributed by atoms with E-state index in [9.17, 15) is 45.6 Å². The number of carbonyl (C=O) groups is 1. The van der Waals surface area contributed by atoms with Crippen LogP contribution in [0.4, 0.5) is 0 Å². The first-order valence-corrected chi connectivity index (χ1v) is 31.1. The van der Waals surface area contributed by atoms with Gasteiger partial charge >= 0.3 is 0 Å². The molecule has 0 saturated carbocycles. The monoisotopic (exact) mass is 1070 g/mol. The van der Waals surface area contributed by atoms with Gasteiger partial charge in [0.2, 0.25) is 5.91 Å². The Balaban J connectivity index is 1.51. The standard InChI is InChI=1S/C61H115NO13/c1-3-5-7-9-11-12-13-14-15-16-17-18-19-20-21-22-23-24-25-26-27-28-29-30-31-32-33-34-35-36-37-38-39-41-43-45-53(66)62-49(50(65)44-42-40-10-8-6-4-2)48-72-60-58(71)56(69)59(52(47-64)74-60)75-61-57(70)55(68)54(67)51(46-63)73-61/h13-14,16-17,49-52,54-61,63-65,67-71H,3-12,15,18-48H2,1-2H3,(H,62,66)/b14-13-,17-16-. The lowest BCUT2D eigenvalue weighted by atomic mass is 9.97. The van der Waals surface area contributed by atoms with E-state index in [0.717, 1.165) is 70.6 Å². The van der Waals surface area contributed by atoms with Crippen molar-refractivity contribution in [3.63, 3.8) is 0 Å². The van der Waals surface area contributed by atoms with Gasteiger partial charge in [0.05, 0.1) is 32.0 Å². The summed E-state index contributed by atoms with van der Waals surface area (Å²) in [5.41, 5.74) is 0. The number of rotatable bonds is 50. The SMILES string of the molecule is CCCCCCC/C=C\C/C=C\CCCCCCCCCCCCCCCCCCCCCCCCCC(=O)NC(COC1OC(CO)C(OC2OC(CO)C(O)C(O)C2O)C(O)C1O)C(O)CCCCCCCC. The molecule has 14 heteroatoms. The number of hydrogen-bond acceptors (Lipinski definition) is 13. The maximum absolute atomic E-state index is 13.2. The molecule has 0 aromatic carbocycles. The van der Waals surface area contributed by atoms with Gasteiger partial charge in [-0.3, -0.25) is 4.79 Å². The summed E-state index contributed by atoms with van der Waals surface area (Å²) in [7, 11) is 0. The predicted octanol–water partition coefficient (Wildman–Crippen LogP) is 10.8. The molecule has 2 heterocycles. The van der Waals surface area contributed by atoms with Gasteiger partial charge < -0.3 is 65.1 Å². The first-order chi connectivity index (χ1) is 36.6. The largest absolute Gasteiger partial charge is 0.394 e. The first kappa shape index (κ1) is 69.6. The minimum absolute atomic E-state index is 0.208. The number of hydrogen-bond donors (Lipinski definition) is 9. The number of carbonyl (C=O) groups excluding carboxylic acids is 1. The van der Waals surface area contributed by atoms with Crippen molar-refractivity contribution in [1.29, 1.82) is 0 Å². The molecular formula is C61H115NO13. The Kier molecular flexibility index (Phi) is 43.9. The second-order valence-electron chi connectivity index (χ2n) is 22.2. The lowest BCUT2D eigenvalue weighted by Crippen LogP contribution is -2.65. The van der Waals surface area contributed by atoms with Gasteiger partial charge in [0, 0.05) is 6.42 Å². The van der Waals surface area contributed by atoms with Gasteiger partial charge in [-0.25, -0.2) is 0 Å². The van der Waals surface area contributed by atoms with Crippen molar-refractivity contribution in [1.82, 2.24) is 5.32 Å². The molecule has 2 aliphatic heterocycles. The highest BCUT2D eigenvalue weighted by Gasteiger charge is 2.51. The lowest BCUT2D eigenvalue weighted by Gasteiger charge is -2.46. The molecule has 0 aromatic heterocycles. The Labute approximate surface area is 456 Å². The van der Waals surface area contributed by atoms with Crippen LogP contribution in [0.25, 0.3) is 0 Å². The molecule has 14 nitrogen and oxygen atoms in total. The number of unbranched alkanes of at least 4 members (excludes halogenated alkanes) is 33. The summed E-state index contributed by atoms with van der Waals surface area (Å²) in [6.07, 6.45) is 39.9. The van der Waals surface area contributed by atoms with Crippen LogP contribution in [0, 0.1) is 0 Å². The molecule has 1 amide bonds. The Morgan fingerprint density at radius 1 is 0.480 bits per heavy atom. The quantitative estimate of drug-likeness (QED) is 0.0204. The molecule has 2 saturated heterocycles. The fourth-order valence-electron chi connectivity index (χ4n) is 10.4. The average molecular weight is 1070 g/mol. The van der Waals surface area contributed by atoms with Gasteiger partial charge in [-0.1, -0.05) is 237 Å². The van der Waals surface area contributed by atoms with Gasteiger partial charge in [0.25, 0.3) is 0 Å². The topological polar surface area (TPSA) is 228 Å². The fourth-order valence-corrected chi connectivity index (χ4v) is 10.4. The third kappa shape index (κ3) is 33.0. The third-order valence-corrected chi connectivity index (χ3v) is 15.4. The summed E-state index contributed by atoms with van der Waals surface area (Å²) in [6, 6.07) is -0.822. The van der Waals surface area contributed by atoms with Crippen LogP contribution in [0.15, 0.2) is 24.3 Å². The average Bonchev–Trinajstić information content (AvgIpc) is 3.41. The van der Waals surface area contributed by atoms with Crippen molar-refractivity contribution in [2.45, 2.75) is 338 Å². The van der Waals surface area contributed by atoms with E-state index < -0.39 is 86.8 Å². The summed E-state index contributed by atoms with van der Waals surface area (Å²) in [5.74, 6) is -0.208. The van der Waals surface area contributed by atoms with Crippen LogP contribution < -0.4 is 5.32 Å². The van der Waals surface area contributed by atoms with Crippen molar-refractivity contribution in [3.8, 4) is 0 Å². The molecule has 2 aliphatic rings. The smallest absolute Gasteiger partial charge is 0.220 e. The van der Waals surface area contributed by atoms with Crippen LogP contribution in [-0.2, 0) is 23.7 Å². The van der Waals surface area contributed by atoms with Crippen molar-refractivity contribution < 1.29 is 64.6 Å². The highest BCUT2D eigenvalue weighted by Crippen LogP contribution is 2.30. The van der Waals surface area contributed by atoms with Gasteiger partial charge in [0.1, 0.15) is 48.8 Å². The number of aliphatic hydroxyl groups is 8. The summed E-state index contributed by atoms with van der Waals surface area (Å²) in [5, 5.41) is 86.7. The zero-order chi connectivity index (χ0) is 54.6. The second kappa shape index (κ2) is 47.3. The van der Waals surface area contributed by atoms with Crippen molar-refractivity contribution in [3.05, 3.63) is 24.3 Å². The zero-order valence-corrected chi connectivity index (χ0v) is 47.6. The van der Waals surface area contributed by atoms with E-state index in [1.54, 1.807) is 0 Å². The van der Waals surface area contributed by atoms with Crippen molar-refractivity contribution >= 4 is 5.91 Å². The number of amides is 1. The van der Waals surface area contributed by atoms with E-state index in [-0.39, 0.29) is 12.5 Å². The van der Waals surface area contributed by atoms with Gasteiger partial charge in [-0.15, -0.1) is 0 Å². The van der Waals surface area contributed by atoms with Gasteiger partial charge in [0.15, 0.2) is 12.6 Å². The van der Waals surface area contributed by atoms with E-state index in [1.807, 2.05) is 0 Å². The Morgan fingerprint density at radius 3 is 1.33 bits per heavy atom. The van der Waals surface area contributed by atoms with Crippen LogP contribution >= 0.6 is 0 Å². The molecule has 0 spiro atoms. The Morgan fingerprint density at radius 2 is 0.880 bits per heavy atom. The molecule has 9 N–H and O–H groups in total. The summed E-state index contributed by atoms with van der Waals surface area (Å²) >= 11 is 0. The van der Waals surface area contributed by atoms with E-state index in [4.69, 9.17) is 18.9 Å². The highest BCUT2D eigenvalue weighted by molar-refractivity contribution is 5.76. The fraction of sp³-hybridized carbons (Fsp3) is 0.918.